The van der Waals surface area contributed by atoms with Crippen LogP contribution in [0.15, 0.2) is 53.1 Å². The van der Waals surface area contributed by atoms with Gasteiger partial charge in [0.2, 0.25) is 11.7 Å². The third-order valence-corrected chi connectivity index (χ3v) is 4.04. The Labute approximate surface area is 156 Å². The molecule has 0 radical (unpaired) electrons. The van der Waals surface area contributed by atoms with Gasteiger partial charge in [-0.1, -0.05) is 41.0 Å². The Hall–Kier alpha value is -2.86. The van der Waals surface area contributed by atoms with E-state index >= 15 is 0 Å². The van der Waals surface area contributed by atoms with Crippen molar-refractivity contribution in [2.45, 2.75) is 19.9 Å². The first kappa shape index (κ1) is 17.9. The van der Waals surface area contributed by atoms with E-state index < -0.39 is 6.04 Å². The van der Waals surface area contributed by atoms with E-state index in [0.717, 1.165) is 0 Å². The molecule has 1 amide bonds. The molecule has 2 aromatic carbocycles. The van der Waals surface area contributed by atoms with Gasteiger partial charge < -0.3 is 14.6 Å². The van der Waals surface area contributed by atoms with Crippen molar-refractivity contribution < 1.29 is 14.1 Å². The SMILES string of the molecule is CCOc1ccccc1C(=O)NC(C)c1nc(-c2ccccc2Cl)no1. The number of halogens is 1. The normalized spacial score (nSPS) is 11.8. The largest absolute Gasteiger partial charge is 0.493 e. The second kappa shape index (κ2) is 8.01. The van der Waals surface area contributed by atoms with Gasteiger partial charge in [-0.3, -0.25) is 4.79 Å². The van der Waals surface area contributed by atoms with Gasteiger partial charge in [0.1, 0.15) is 11.8 Å². The van der Waals surface area contributed by atoms with Crippen LogP contribution in [0.5, 0.6) is 5.75 Å². The quantitative estimate of drug-likeness (QED) is 0.699. The maximum Gasteiger partial charge on any atom is 0.255 e. The van der Waals surface area contributed by atoms with Gasteiger partial charge in [-0.15, -0.1) is 0 Å². The van der Waals surface area contributed by atoms with Crippen LogP contribution in [0.4, 0.5) is 0 Å². The highest BCUT2D eigenvalue weighted by Crippen LogP contribution is 2.26. The summed E-state index contributed by atoms with van der Waals surface area (Å²) in [4.78, 5) is 16.9. The first-order valence-corrected chi connectivity index (χ1v) is 8.59. The summed E-state index contributed by atoms with van der Waals surface area (Å²) in [6, 6.07) is 13.8. The summed E-state index contributed by atoms with van der Waals surface area (Å²) < 4.78 is 10.8. The number of rotatable bonds is 6. The smallest absolute Gasteiger partial charge is 0.255 e. The van der Waals surface area contributed by atoms with Crippen molar-refractivity contribution in [1.82, 2.24) is 15.5 Å². The maximum absolute atomic E-state index is 12.6. The molecule has 0 aliphatic carbocycles. The molecule has 0 saturated carbocycles. The highest BCUT2D eigenvalue weighted by molar-refractivity contribution is 6.33. The minimum Gasteiger partial charge on any atom is -0.493 e. The lowest BCUT2D eigenvalue weighted by molar-refractivity contribution is 0.0928. The topological polar surface area (TPSA) is 77.2 Å². The van der Waals surface area contributed by atoms with Crippen LogP contribution in [0.1, 0.15) is 36.1 Å². The number of carbonyl (C=O) groups is 1. The zero-order valence-electron chi connectivity index (χ0n) is 14.4. The third-order valence-electron chi connectivity index (χ3n) is 3.71. The molecule has 1 aromatic heterocycles. The molecule has 1 heterocycles. The lowest BCUT2D eigenvalue weighted by Gasteiger charge is -2.12. The lowest BCUT2D eigenvalue weighted by atomic mass is 10.1. The molecule has 0 saturated heterocycles. The molecule has 0 aliphatic heterocycles. The van der Waals surface area contributed by atoms with E-state index in [2.05, 4.69) is 15.5 Å². The van der Waals surface area contributed by atoms with Gasteiger partial charge in [-0.2, -0.15) is 4.98 Å². The predicted molar refractivity (Wildman–Crippen MR) is 98.2 cm³/mol. The second-order valence-electron chi connectivity index (χ2n) is 5.56. The summed E-state index contributed by atoms with van der Waals surface area (Å²) in [5.41, 5.74) is 1.12. The number of amides is 1. The van der Waals surface area contributed by atoms with Crippen molar-refractivity contribution in [2.75, 3.05) is 6.61 Å². The average Bonchev–Trinajstić information content (AvgIpc) is 3.13. The Bertz CT molecular complexity index is 910. The third kappa shape index (κ3) is 3.86. The van der Waals surface area contributed by atoms with Crippen LogP contribution in [0.2, 0.25) is 5.02 Å². The summed E-state index contributed by atoms with van der Waals surface area (Å²) in [5.74, 6) is 0.921. The molecule has 3 rings (SSSR count). The van der Waals surface area contributed by atoms with E-state index in [9.17, 15) is 4.79 Å². The van der Waals surface area contributed by atoms with E-state index in [1.165, 1.54) is 0 Å². The molecular formula is C19H18ClN3O3. The first-order chi connectivity index (χ1) is 12.6. The molecule has 0 aliphatic rings. The van der Waals surface area contributed by atoms with Gasteiger partial charge in [-0.05, 0) is 38.1 Å². The van der Waals surface area contributed by atoms with Gasteiger partial charge in [-0.25, -0.2) is 0 Å². The lowest BCUT2D eigenvalue weighted by Crippen LogP contribution is -2.27. The monoisotopic (exact) mass is 371 g/mol. The second-order valence-corrected chi connectivity index (χ2v) is 5.97. The summed E-state index contributed by atoms with van der Waals surface area (Å²) in [6.07, 6.45) is 0. The van der Waals surface area contributed by atoms with Crippen LogP contribution in [-0.4, -0.2) is 22.7 Å². The fraction of sp³-hybridized carbons (Fsp3) is 0.211. The standard InChI is InChI=1S/C19H18ClN3O3/c1-3-25-16-11-7-5-9-14(16)18(24)21-12(2)19-22-17(23-26-19)13-8-4-6-10-15(13)20/h4-12H,3H2,1-2H3,(H,21,24). The van der Waals surface area contributed by atoms with E-state index in [0.29, 0.717) is 40.2 Å². The Morgan fingerprint density at radius 2 is 1.96 bits per heavy atom. The summed E-state index contributed by atoms with van der Waals surface area (Å²) in [7, 11) is 0. The maximum atomic E-state index is 12.6. The summed E-state index contributed by atoms with van der Waals surface area (Å²) in [6.45, 7) is 4.11. The van der Waals surface area contributed by atoms with Crippen LogP contribution in [-0.2, 0) is 0 Å². The van der Waals surface area contributed by atoms with Crippen molar-refractivity contribution in [1.29, 1.82) is 0 Å². The van der Waals surface area contributed by atoms with Crippen LogP contribution in [0.3, 0.4) is 0 Å². The van der Waals surface area contributed by atoms with Crippen molar-refractivity contribution in [3.63, 3.8) is 0 Å². The molecule has 1 N–H and O–H groups in total. The van der Waals surface area contributed by atoms with Gasteiger partial charge in [0.05, 0.1) is 17.2 Å². The van der Waals surface area contributed by atoms with E-state index in [-0.39, 0.29) is 5.91 Å². The molecular weight excluding hydrogens is 354 g/mol. The Morgan fingerprint density at radius 1 is 1.23 bits per heavy atom. The van der Waals surface area contributed by atoms with Gasteiger partial charge in [0, 0.05) is 5.56 Å². The number of para-hydroxylation sites is 1. The van der Waals surface area contributed by atoms with Crippen molar-refractivity contribution in [3.8, 4) is 17.1 Å². The molecule has 6 nitrogen and oxygen atoms in total. The number of carbonyl (C=O) groups excluding carboxylic acids is 1. The fourth-order valence-corrected chi connectivity index (χ4v) is 2.66. The average molecular weight is 372 g/mol. The van der Waals surface area contributed by atoms with Crippen LogP contribution >= 0.6 is 11.6 Å². The molecule has 1 unspecified atom stereocenters. The molecule has 7 heteroatoms. The molecule has 134 valence electrons. The van der Waals surface area contributed by atoms with Crippen molar-refractivity contribution >= 4 is 17.5 Å². The Kier molecular flexibility index (Phi) is 5.53. The summed E-state index contributed by atoms with van der Waals surface area (Å²) >= 11 is 6.15. The Morgan fingerprint density at radius 3 is 2.73 bits per heavy atom. The minimum absolute atomic E-state index is 0.279. The molecule has 26 heavy (non-hydrogen) atoms. The fourth-order valence-electron chi connectivity index (χ4n) is 2.43. The van der Waals surface area contributed by atoms with Gasteiger partial charge in [0.25, 0.3) is 5.91 Å². The molecule has 0 fully saturated rings. The van der Waals surface area contributed by atoms with Crippen LogP contribution < -0.4 is 10.1 Å². The first-order valence-electron chi connectivity index (χ1n) is 8.21. The number of hydrogen-bond donors (Lipinski definition) is 1. The molecule has 1 atom stereocenters. The number of aromatic nitrogens is 2. The van der Waals surface area contributed by atoms with E-state index in [1.807, 2.05) is 25.1 Å². The van der Waals surface area contributed by atoms with E-state index in [1.54, 1.807) is 37.3 Å². The van der Waals surface area contributed by atoms with Gasteiger partial charge >= 0.3 is 0 Å². The van der Waals surface area contributed by atoms with E-state index in [4.69, 9.17) is 20.9 Å². The number of nitrogens with zero attached hydrogens (tertiary/aromatic N) is 2. The number of benzene rings is 2. The zero-order chi connectivity index (χ0) is 18.5. The van der Waals surface area contributed by atoms with Gasteiger partial charge in [0.15, 0.2) is 0 Å². The number of hydrogen-bond acceptors (Lipinski definition) is 5. The molecule has 3 aromatic rings. The predicted octanol–water partition coefficient (Wildman–Crippen LogP) is 4.28. The van der Waals surface area contributed by atoms with Crippen molar-refractivity contribution in [3.05, 3.63) is 65.0 Å². The highest BCUT2D eigenvalue weighted by atomic mass is 35.5. The van der Waals surface area contributed by atoms with Crippen molar-refractivity contribution in [2.24, 2.45) is 0 Å². The number of ether oxygens (including phenoxy) is 1. The minimum atomic E-state index is -0.471. The summed E-state index contributed by atoms with van der Waals surface area (Å²) in [5, 5.41) is 7.32. The number of nitrogens with one attached hydrogen (secondary N) is 1. The molecule has 0 bridgehead atoms. The zero-order valence-corrected chi connectivity index (χ0v) is 15.2. The highest BCUT2D eigenvalue weighted by Gasteiger charge is 2.20. The van der Waals surface area contributed by atoms with Crippen LogP contribution in [0, 0.1) is 0 Å². The van der Waals surface area contributed by atoms with Crippen LogP contribution in [0.25, 0.3) is 11.4 Å². The molecule has 0 spiro atoms. The Balaban J connectivity index is 1.76.